The summed E-state index contributed by atoms with van der Waals surface area (Å²) in [5, 5.41) is 0. The lowest BCUT2D eigenvalue weighted by molar-refractivity contribution is -0.137. The first kappa shape index (κ1) is 17.9. The van der Waals surface area contributed by atoms with Crippen LogP contribution in [0.3, 0.4) is 0 Å². The van der Waals surface area contributed by atoms with Crippen molar-refractivity contribution in [1.82, 2.24) is 5.43 Å². The number of nitrogens with one attached hydrogen (secondary N) is 1. The highest BCUT2D eigenvalue weighted by molar-refractivity contribution is 5.25. The van der Waals surface area contributed by atoms with Crippen LogP contribution in [0.25, 0.3) is 0 Å². The molecule has 0 saturated carbocycles. The van der Waals surface area contributed by atoms with Crippen molar-refractivity contribution in [3.05, 3.63) is 35.4 Å². The Kier molecular flexibility index (Phi) is 6.19. The summed E-state index contributed by atoms with van der Waals surface area (Å²) >= 11 is 0. The van der Waals surface area contributed by atoms with E-state index in [9.17, 15) is 13.2 Å². The van der Waals surface area contributed by atoms with Gasteiger partial charge in [0.1, 0.15) is 0 Å². The van der Waals surface area contributed by atoms with Gasteiger partial charge < -0.3 is 4.74 Å². The zero-order valence-electron chi connectivity index (χ0n) is 12.6. The second-order valence-corrected chi connectivity index (χ2v) is 5.76. The van der Waals surface area contributed by atoms with Gasteiger partial charge in [-0.25, -0.2) is 0 Å². The first-order chi connectivity index (χ1) is 9.68. The molecule has 1 unspecified atom stereocenters. The first-order valence-electron chi connectivity index (χ1n) is 6.85. The minimum Gasteiger partial charge on any atom is -0.379 e. The minimum absolute atomic E-state index is 0.00355. The summed E-state index contributed by atoms with van der Waals surface area (Å²) in [6, 6.07) is 5.18. The van der Waals surface area contributed by atoms with Crippen molar-refractivity contribution in [2.75, 3.05) is 7.11 Å². The van der Waals surface area contributed by atoms with Gasteiger partial charge in [0.25, 0.3) is 0 Å². The van der Waals surface area contributed by atoms with Gasteiger partial charge in [0.05, 0.1) is 11.2 Å². The van der Waals surface area contributed by atoms with Crippen LogP contribution in [0.5, 0.6) is 0 Å². The average molecular weight is 304 g/mol. The van der Waals surface area contributed by atoms with E-state index in [4.69, 9.17) is 10.6 Å². The molecular formula is C15H23F3N2O. The van der Waals surface area contributed by atoms with Crippen LogP contribution in [0.1, 0.15) is 37.8 Å². The number of alkyl halides is 3. The second kappa shape index (κ2) is 7.24. The van der Waals surface area contributed by atoms with Crippen molar-refractivity contribution >= 4 is 0 Å². The van der Waals surface area contributed by atoms with Gasteiger partial charge in [0.2, 0.25) is 0 Å². The van der Waals surface area contributed by atoms with Gasteiger partial charge in [-0.3, -0.25) is 11.3 Å². The van der Waals surface area contributed by atoms with Crippen molar-refractivity contribution in [2.24, 2.45) is 5.84 Å². The summed E-state index contributed by atoms with van der Waals surface area (Å²) in [4.78, 5) is 0. The van der Waals surface area contributed by atoms with Crippen molar-refractivity contribution < 1.29 is 17.9 Å². The van der Waals surface area contributed by atoms with Gasteiger partial charge in [-0.2, -0.15) is 13.2 Å². The maximum Gasteiger partial charge on any atom is 0.416 e. The molecule has 0 aliphatic rings. The number of hydrogen-bond acceptors (Lipinski definition) is 3. The lowest BCUT2D eigenvalue weighted by Crippen LogP contribution is -2.38. The number of hydrogen-bond donors (Lipinski definition) is 2. The Hall–Kier alpha value is -1.11. The van der Waals surface area contributed by atoms with E-state index in [0.29, 0.717) is 6.42 Å². The number of halogens is 3. The highest BCUT2D eigenvalue weighted by Crippen LogP contribution is 2.29. The third-order valence-electron chi connectivity index (χ3n) is 3.65. The van der Waals surface area contributed by atoms with Crippen LogP contribution >= 0.6 is 0 Å². The quantitative estimate of drug-likeness (QED) is 0.600. The monoisotopic (exact) mass is 304 g/mol. The fourth-order valence-corrected chi connectivity index (χ4v) is 1.98. The number of rotatable bonds is 7. The van der Waals surface area contributed by atoms with Crippen LogP contribution in [0.15, 0.2) is 24.3 Å². The molecule has 21 heavy (non-hydrogen) atoms. The Morgan fingerprint density at radius 3 is 2.19 bits per heavy atom. The molecule has 1 aromatic rings. The van der Waals surface area contributed by atoms with Crippen LogP contribution in [0.4, 0.5) is 13.2 Å². The van der Waals surface area contributed by atoms with Gasteiger partial charge in [-0.1, -0.05) is 12.1 Å². The Labute approximate surface area is 123 Å². The molecule has 120 valence electrons. The van der Waals surface area contributed by atoms with E-state index in [1.807, 2.05) is 13.8 Å². The molecule has 6 heteroatoms. The Morgan fingerprint density at radius 2 is 1.76 bits per heavy atom. The van der Waals surface area contributed by atoms with Crippen molar-refractivity contribution in [3.63, 3.8) is 0 Å². The normalized spacial score (nSPS) is 14.2. The van der Waals surface area contributed by atoms with Gasteiger partial charge in [-0.05, 0) is 50.8 Å². The minimum atomic E-state index is -4.30. The zero-order chi connectivity index (χ0) is 16.1. The van der Waals surface area contributed by atoms with Crippen molar-refractivity contribution in [2.45, 2.75) is 50.9 Å². The lowest BCUT2D eigenvalue weighted by atomic mass is 9.95. The van der Waals surface area contributed by atoms with E-state index >= 15 is 0 Å². The summed E-state index contributed by atoms with van der Waals surface area (Å²) in [7, 11) is 1.65. The number of benzene rings is 1. The van der Waals surface area contributed by atoms with Crippen molar-refractivity contribution in [1.29, 1.82) is 0 Å². The summed E-state index contributed by atoms with van der Waals surface area (Å²) in [5.74, 6) is 5.52. The molecule has 0 fully saturated rings. The van der Waals surface area contributed by atoms with E-state index < -0.39 is 11.7 Å². The van der Waals surface area contributed by atoms with Crippen molar-refractivity contribution in [3.8, 4) is 0 Å². The predicted molar refractivity (Wildman–Crippen MR) is 76.6 cm³/mol. The van der Waals surface area contributed by atoms with Gasteiger partial charge in [0.15, 0.2) is 0 Å². The molecule has 1 rings (SSSR count). The van der Waals surface area contributed by atoms with Crippen LogP contribution in [-0.4, -0.2) is 18.8 Å². The molecule has 0 aromatic heterocycles. The highest BCUT2D eigenvalue weighted by atomic mass is 19.4. The smallest absolute Gasteiger partial charge is 0.379 e. The summed E-state index contributed by atoms with van der Waals surface area (Å²) in [6.07, 6.45) is -2.14. The third kappa shape index (κ3) is 6.03. The average Bonchev–Trinajstić information content (AvgIpc) is 2.43. The van der Waals surface area contributed by atoms with E-state index in [-0.39, 0.29) is 11.6 Å². The molecule has 0 spiro atoms. The molecule has 1 atom stereocenters. The number of nitrogens with two attached hydrogens (primary N) is 1. The van der Waals surface area contributed by atoms with Crippen LogP contribution in [0.2, 0.25) is 0 Å². The van der Waals surface area contributed by atoms with Crippen LogP contribution in [-0.2, 0) is 17.3 Å². The lowest BCUT2D eigenvalue weighted by Gasteiger charge is -2.25. The SMILES string of the molecule is COC(C)(C)CCC(Cc1ccc(C(F)(F)F)cc1)NN. The Bertz CT molecular complexity index is 430. The van der Waals surface area contributed by atoms with E-state index in [1.165, 1.54) is 12.1 Å². The largest absolute Gasteiger partial charge is 0.416 e. The molecule has 0 radical (unpaired) electrons. The van der Waals surface area contributed by atoms with Gasteiger partial charge >= 0.3 is 6.18 Å². The molecule has 0 aliphatic heterocycles. The fourth-order valence-electron chi connectivity index (χ4n) is 1.98. The van der Waals surface area contributed by atoms with Gasteiger partial charge in [-0.15, -0.1) is 0 Å². The highest BCUT2D eigenvalue weighted by Gasteiger charge is 2.30. The summed E-state index contributed by atoms with van der Waals surface area (Å²) in [5.41, 5.74) is 2.66. The molecule has 0 bridgehead atoms. The van der Waals surface area contributed by atoms with E-state index in [2.05, 4.69) is 5.43 Å². The number of hydrazine groups is 1. The third-order valence-corrected chi connectivity index (χ3v) is 3.65. The molecule has 0 amide bonds. The second-order valence-electron chi connectivity index (χ2n) is 5.76. The maximum absolute atomic E-state index is 12.5. The Balaban J connectivity index is 2.61. The Morgan fingerprint density at radius 1 is 1.19 bits per heavy atom. The molecule has 1 aromatic carbocycles. The molecule has 3 N–H and O–H groups in total. The zero-order valence-corrected chi connectivity index (χ0v) is 12.6. The molecule has 0 saturated heterocycles. The number of methoxy groups -OCH3 is 1. The maximum atomic E-state index is 12.5. The molecular weight excluding hydrogens is 281 g/mol. The van der Waals surface area contributed by atoms with Crippen LogP contribution < -0.4 is 11.3 Å². The molecule has 0 aliphatic carbocycles. The standard InChI is InChI=1S/C15H23F3N2O/c1-14(2,21-3)9-8-13(20-19)10-11-4-6-12(7-5-11)15(16,17)18/h4-7,13,20H,8-10,19H2,1-3H3. The first-order valence-corrected chi connectivity index (χ1v) is 6.85. The summed E-state index contributed by atoms with van der Waals surface area (Å²) < 4.78 is 42.8. The van der Waals surface area contributed by atoms with Crippen LogP contribution in [0, 0.1) is 0 Å². The molecule has 0 heterocycles. The van der Waals surface area contributed by atoms with E-state index in [1.54, 1.807) is 7.11 Å². The van der Waals surface area contributed by atoms with Gasteiger partial charge in [0, 0.05) is 13.2 Å². The summed E-state index contributed by atoms with van der Waals surface area (Å²) in [6.45, 7) is 3.97. The number of ether oxygens (including phenoxy) is 1. The predicted octanol–water partition coefficient (Wildman–Crippen LogP) is 3.29. The fraction of sp³-hybridized carbons (Fsp3) is 0.600. The van der Waals surface area contributed by atoms with E-state index in [0.717, 1.165) is 30.5 Å². The molecule has 3 nitrogen and oxygen atoms in total. The topological polar surface area (TPSA) is 47.3 Å².